The minimum Gasteiger partial charge on any atom is -0.324 e. The molecule has 2 atom stereocenters. The molecule has 9 heteroatoms. The quantitative estimate of drug-likeness (QED) is 0.690. The van der Waals surface area contributed by atoms with Crippen molar-refractivity contribution < 1.29 is 13.2 Å². The number of nitrogens with one attached hydrogen (secondary N) is 1. The van der Waals surface area contributed by atoms with Crippen molar-refractivity contribution >= 4 is 55.6 Å². The van der Waals surface area contributed by atoms with Gasteiger partial charge >= 0.3 is 0 Å². The summed E-state index contributed by atoms with van der Waals surface area (Å²) in [6.45, 7) is 7.95. The van der Waals surface area contributed by atoms with E-state index in [0.717, 1.165) is 33.6 Å². The molecule has 2 unspecified atom stereocenters. The van der Waals surface area contributed by atoms with Crippen LogP contribution in [0.5, 0.6) is 0 Å². The topological polar surface area (TPSA) is 78.8 Å². The molecular weight excluding hydrogens is 466 g/mol. The Balaban J connectivity index is 1.62. The zero-order chi connectivity index (χ0) is 23.2. The average molecular weight is 492 g/mol. The Morgan fingerprint density at radius 1 is 1.12 bits per heavy atom. The van der Waals surface area contributed by atoms with Crippen LogP contribution in [0.1, 0.15) is 22.3 Å². The van der Waals surface area contributed by atoms with Crippen LogP contribution >= 0.6 is 23.4 Å². The molecule has 1 amide bonds. The lowest BCUT2D eigenvalue weighted by molar-refractivity contribution is -0.114. The number of benzene rings is 2. The van der Waals surface area contributed by atoms with Gasteiger partial charge in [-0.3, -0.25) is 9.79 Å². The number of aryl methyl sites for hydroxylation is 4. The minimum absolute atomic E-state index is 0.0458. The number of nitrogens with zero attached hydrogens (tertiary/aromatic N) is 2. The Morgan fingerprint density at radius 2 is 1.81 bits per heavy atom. The van der Waals surface area contributed by atoms with Crippen molar-refractivity contribution in [2.75, 3.05) is 28.3 Å². The van der Waals surface area contributed by atoms with E-state index in [1.165, 1.54) is 11.8 Å². The molecule has 0 saturated carbocycles. The van der Waals surface area contributed by atoms with Gasteiger partial charge in [-0.05, 0) is 56.5 Å². The van der Waals surface area contributed by atoms with E-state index in [1.807, 2.05) is 62.9 Å². The van der Waals surface area contributed by atoms with Crippen LogP contribution in [0.2, 0.25) is 5.02 Å². The maximum absolute atomic E-state index is 13.1. The van der Waals surface area contributed by atoms with Crippen LogP contribution < -0.4 is 10.2 Å². The summed E-state index contributed by atoms with van der Waals surface area (Å²) < 4.78 is 23.9. The van der Waals surface area contributed by atoms with Gasteiger partial charge in [0.05, 0.1) is 17.5 Å². The van der Waals surface area contributed by atoms with Gasteiger partial charge < -0.3 is 10.2 Å². The molecule has 2 aliphatic rings. The molecule has 2 aliphatic heterocycles. The van der Waals surface area contributed by atoms with Gasteiger partial charge in [0.25, 0.3) is 0 Å². The van der Waals surface area contributed by atoms with Crippen LogP contribution in [0.4, 0.5) is 11.4 Å². The Kier molecular flexibility index (Phi) is 6.31. The summed E-state index contributed by atoms with van der Waals surface area (Å²) in [5.41, 5.74) is 5.66. The van der Waals surface area contributed by atoms with E-state index in [-0.39, 0.29) is 35.2 Å². The molecule has 6 nitrogen and oxygen atoms in total. The van der Waals surface area contributed by atoms with E-state index in [4.69, 9.17) is 11.6 Å². The summed E-state index contributed by atoms with van der Waals surface area (Å²) in [5, 5.41) is 4.19. The van der Waals surface area contributed by atoms with Gasteiger partial charge in [-0.15, -0.1) is 0 Å². The smallest absolute Gasteiger partial charge is 0.244 e. The van der Waals surface area contributed by atoms with Gasteiger partial charge in [0.1, 0.15) is 6.54 Å². The van der Waals surface area contributed by atoms with Crippen molar-refractivity contribution in [2.45, 2.75) is 39.0 Å². The third-order valence-corrected chi connectivity index (χ3v) is 9.40. The highest BCUT2D eigenvalue weighted by Gasteiger charge is 2.44. The summed E-state index contributed by atoms with van der Waals surface area (Å²) >= 11 is 7.79. The number of amides is 1. The normalized spacial score (nSPS) is 21.2. The number of fused-ring (bicyclic) bond motifs is 1. The van der Waals surface area contributed by atoms with E-state index in [1.54, 1.807) is 0 Å². The Bertz CT molecular complexity index is 1200. The predicted molar refractivity (Wildman–Crippen MR) is 134 cm³/mol. The third kappa shape index (κ3) is 4.82. The fourth-order valence-electron chi connectivity index (χ4n) is 4.19. The van der Waals surface area contributed by atoms with E-state index >= 15 is 0 Å². The molecular formula is C23H26ClN3O3S2. The zero-order valence-corrected chi connectivity index (χ0v) is 20.9. The van der Waals surface area contributed by atoms with E-state index in [0.29, 0.717) is 10.2 Å². The predicted octanol–water partition coefficient (Wildman–Crippen LogP) is 4.29. The molecule has 1 saturated heterocycles. The highest BCUT2D eigenvalue weighted by atomic mass is 35.5. The summed E-state index contributed by atoms with van der Waals surface area (Å²) in [6, 6.07) is 9.44. The number of aliphatic imine (C=N–C) groups is 1. The lowest BCUT2D eigenvalue weighted by Crippen LogP contribution is -2.37. The number of sulfone groups is 1. The van der Waals surface area contributed by atoms with Crippen LogP contribution in [0.15, 0.2) is 35.3 Å². The van der Waals surface area contributed by atoms with Crippen LogP contribution in [0, 0.1) is 27.7 Å². The maximum atomic E-state index is 13.1. The number of halogens is 1. The van der Waals surface area contributed by atoms with Crippen molar-refractivity contribution in [2.24, 2.45) is 4.99 Å². The van der Waals surface area contributed by atoms with Gasteiger partial charge in [0.15, 0.2) is 15.0 Å². The third-order valence-electron chi connectivity index (χ3n) is 5.75. The second kappa shape index (κ2) is 8.72. The lowest BCUT2D eigenvalue weighted by Gasteiger charge is -2.25. The Hall–Kier alpha value is -2.03. The molecule has 170 valence electrons. The van der Waals surface area contributed by atoms with Gasteiger partial charge in [0.2, 0.25) is 5.91 Å². The summed E-state index contributed by atoms with van der Waals surface area (Å²) in [6.07, 6.45) is 0. The molecule has 1 N–H and O–H groups in total. The minimum atomic E-state index is -3.06. The highest BCUT2D eigenvalue weighted by molar-refractivity contribution is 8.15. The molecule has 0 aromatic heterocycles. The number of rotatable bonds is 4. The molecule has 2 aromatic carbocycles. The first-order valence-corrected chi connectivity index (χ1v) is 13.5. The Labute approximate surface area is 198 Å². The fraction of sp³-hybridized carbons (Fsp3) is 0.391. The number of carbonyl (C=O) groups is 1. The molecule has 0 bridgehead atoms. The standard InChI is InChI=1S/C23H26ClN3O3S2/c1-13-7-15(3)22(16(4)8-13)26-21(28)10-27(17-6-5-14(2)18(24)9-17)23-25-19-11-32(29,30)12-20(19)31-23/h5-9,19-20H,10-12H2,1-4H3,(H,26,28). The van der Waals surface area contributed by atoms with Crippen LogP contribution in [-0.2, 0) is 14.6 Å². The van der Waals surface area contributed by atoms with Crippen molar-refractivity contribution in [3.05, 3.63) is 57.6 Å². The highest BCUT2D eigenvalue weighted by Crippen LogP contribution is 2.37. The lowest BCUT2D eigenvalue weighted by atomic mass is 10.1. The van der Waals surface area contributed by atoms with Crippen LogP contribution in [0.25, 0.3) is 0 Å². The van der Waals surface area contributed by atoms with Crippen LogP contribution in [0.3, 0.4) is 0 Å². The van der Waals surface area contributed by atoms with Gasteiger partial charge in [0, 0.05) is 21.6 Å². The number of amidine groups is 1. The molecule has 2 heterocycles. The SMILES string of the molecule is Cc1cc(C)c(NC(=O)CN(C2=NC3CS(=O)(=O)CC3S2)c2ccc(C)c(Cl)c2)c(C)c1. The molecule has 0 spiro atoms. The van der Waals surface area contributed by atoms with E-state index in [2.05, 4.69) is 10.3 Å². The Morgan fingerprint density at radius 3 is 2.44 bits per heavy atom. The monoisotopic (exact) mass is 491 g/mol. The summed E-state index contributed by atoms with van der Waals surface area (Å²) in [7, 11) is -3.06. The zero-order valence-electron chi connectivity index (χ0n) is 18.5. The molecule has 4 rings (SSSR count). The number of anilines is 2. The number of carbonyl (C=O) groups excluding carboxylic acids is 1. The fourth-order valence-corrected chi connectivity index (χ4v) is 8.14. The molecule has 0 radical (unpaired) electrons. The second-order valence-electron chi connectivity index (χ2n) is 8.55. The van der Waals surface area contributed by atoms with Crippen molar-refractivity contribution in [1.82, 2.24) is 0 Å². The van der Waals surface area contributed by atoms with E-state index < -0.39 is 9.84 Å². The number of hydrogen-bond donors (Lipinski definition) is 1. The van der Waals surface area contributed by atoms with E-state index in [9.17, 15) is 13.2 Å². The average Bonchev–Trinajstić information content (AvgIpc) is 3.18. The second-order valence-corrected chi connectivity index (χ2v) is 12.3. The number of hydrogen-bond acceptors (Lipinski definition) is 6. The first-order valence-electron chi connectivity index (χ1n) is 10.4. The molecule has 0 aliphatic carbocycles. The van der Waals surface area contributed by atoms with Crippen LogP contribution in [-0.4, -0.2) is 48.8 Å². The van der Waals surface area contributed by atoms with Crippen molar-refractivity contribution in [3.63, 3.8) is 0 Å². The van der Waals surface area contributed by atoms with Crippen molar-refractivity contribution in [3.8, 4) is 0 Å². The summed E-state index contributed by atoms with van der Waals surface area (Å²) in [5.74, 6) is 0.000802. The molecule has 1 fully saturated rings. The first kappa shape index (κ1) is 23.1. The molecule has 2 aromatic rings. The first-order chi connectivity index (χ1) is 15.0. The molecule has 32 heavy (non-hydrogen) atoms. The van der Waals surface area contributed by atoms with Gasteiger partial charge in [-0.25, -0.2) is 8.42 Å². The largest absolute Gasteiger partial charge is 0.324 e. The van der Waals surface area contributed by atoms with Gasteiger partial charge in [-0.1, -0.05) is 47.1 Å². The van der Waals surface area contributed by atoms with Gasteiger partial charge in [-0.2, -0.15) is 0 Å². The summed E-state index contributed by atoms with van der Waals surface area (Å²) in [4.78, 5) is 19.6. The number of thioether (sulfide) groups is 1. The maximum Gasteiger partial charge on any atom is 0.244 e. The van der Waals surface area contributed by atoms with Crippen molar-refractivity contribution in [1.29, 1.82) is 0 Å².